The van der Waals surface area contributed by atoms with Crippen molar-refractivity contribution in [1.29, 1.82) is 0 Å². The van der Waals surface area contributed by atoms with E-state index in [0.29, 0.717) is 6.54 Å². The summed E-state index contributed by atoms with van der Waals surface area (Å²) in [5.41, 5.74) is 7.37. The molecule has 3 N–H and O–H groups in total. The molecular formula is C12H14FN3. The third-order valence-corrected chi connectivity index (χ3v) is 2.57. The molecule has 2 aromatic rings. The van der Waals surface area contributed by atoms with Crippen molar-refractivity contribution < 1.29 is 4.39 Å². The number of nitrogens with two attached hydrogens (primary N) is 1. The molecule has 0 aliphatic heterocycles. The first-order chi connectivity index (χ1) is 7.70. The minimum Gasteiger partial charge on any atom is -0.342 e. The van der Waals surface area contributed by atoms with E-state index in [1.54, 1.807) is 18.3 Å². The van der Waals surface area contributed by atoms with E-state index in [1.165, 1.54) is 12.1 Å². The zero-order valence-electron chi connectivity index (χ0n) is 9.07. The second-order valence-electron chi connectivity index (χ2n) is 3.83. The molecule has 0 saturated carbocycles. The summed E-state index contributed by atoms with van der Waals surface area (Å²) in [6.45, 7) is 2.56. The lowest BCUT2D eigenvalue weighted by molar-refractivity contribution is 0.628. The van der Waals surface area contributed by atoms with Gasteiger partial charge in [-0.2, -0.15) is 0 Å². The Morgan fingerprint density at radius 1 is 1.38 bits per heavy atom. The first kappa shape index (κ1) is 10.8. The zero-order valence-corrected chi connectivity index (χ0v) is 9.07. The third kappa shape index (κ3) is 2.12. The van der Waals surface area contributed by atoms with Gasteiger partial charge in [-0.05, 0) is 29.8 Å². The van der Waals surface area contributed by atoms with Gasteiger partial charge in [-0.15, -0.1) is 0 Å². The Hall–Kier alpha value is -1.68. The van der Waals surface area contributed by atoms with Gasteiger partial charge in [0, 0.05) is 12.5 Å². The molecular weight excluding hydrogens is 205 g/mol. The lowest BCUT2D eigenvalue weighted by Crippen LogP contribution is -2.10. The van der Waals surface area contributed by atoms with Gasteiger partial charge in [0.15, 0.2) is 0 Å². The molecule has 0 radical (unpaired) electrons. The van der Waals surface area contributed by atoms with Gasteiger partial charge in [-0.25, -0.2) is 9.37 Å². The summed E-state index contributed by atoms with van der Waals surface area (Å²) in [5.74, 6) is 0.829. The van der Waals surface area contributed by atoms with Gasteiger partial charge < -0.3 is 10.7 Å². The van der Waals surface area contributed by atoms with Crippen molar-refractivity contribution in [3.8, 4) is 11.3 Å². The number of nitrogens with zero attached hydrogens (tertiary/aromatic N) is 1. The van der Waals surface area contributed by atoms with Crippen molar-refractivity contribution in [3.63, 3.8) is 0 Å². The number of hydrogen-bond donors (Lipinski definition) is 2. The predicted octanol–water partition coefficient (Wildman–Crippen LogP) is 2.28. The van der Waals surface area contributed by atoms with Gasteiger partial charge in [0.2, 0.25) is 0 Å². The summed E-state index contributed by atoms with van der Waals surface area (Å²) >= 11 is 0. The number of hydrogen-bond acceptors (Lipinski definition) is 2. The van der Waals surface area contributed by atoms with Crippen LogP contribution in [0.5, 0.6) is 0 Å². The smallest absolute Gasteiger partial charge is 0.123 e. The number of aromatic nitrogens is 2. The van der Waals surface area contributed by atoms with Crippen molar-refractivity contribution >= 4 is 0 Å². The molecule has 0 spiro atoms. The fraction of sp³-hybridized carbons (Fsp3) is 0.250. The first-order valence-electron chi connectivity index (χ1n) is 5.21. The Balaban J connectivity index is 2.28. The van der Waals surface area contributed by atoms with Gasteiger partial charge in [0.05, 0.1) is 11.9 Å². The number of imidazole rings is 1. The van der Waals surface area contributed by atoms with Gasteiger partial charge in [-0.1, -0.05) is 6.92 Å². The van der Waals surface area contributed by atoms with Crippen LogP contribution in [0.1, 0.15) is 18.7 Å². The summed E-state index contributed by atoms with van der Waals surface area (Å²) in [4.78, 5) is 7.44. The van der Waals surface area contributed by atoms with Crippen molar-refractivity contribution in [3.05, 3.63) is 42.1 Å². The molecule has 16 heavy (non-hydrogen) atoms. The van der Waals surface area contributed by atoms with Crippen LogP contribution in [0.2, 0.25) is 0 Å². The molecule has 0 bridgehead atoms. The quantitative estimate of drug-likeness (QED) is 0.832. The molecule has 2 rings (SSSR count). The number of nitrogens with one attached hydrogen (secondary N) is 1. The summed E-state index contributed by atoms with van der Waals surface area (Å²) in [5, 5.41) is 0. The molecule has 0 aliphatic carbocycles. The van der Waals surface area contributed by atoms with Crippen LogP contribution in [0, 0.1) is 5.82 Å². The van der Waals surface area contributed by atoms with E-state index >= 15 is 0 Å². The van der Waals surface area contributed by atoms with E-state index < -0.39 is 0 Å². The molecule has 84 valence electrons. The average Bonchev–Trinajstić information content (AvgIpc) is 2.78. The molecule has 0 amide bonds. The lowest BCUT2D eigenvalue weighted by Gasteiger charge is -2.03. The maximum Gasteiger partial charge on any atom is 0.123 e. The Kier molecular flexibility index (Phi) is 3.01. The van der Waals surface area contributed by atoms with Crippen LogP contribution in [0.25, 0.3) is 11.3 Å². The lowest BCUT2D eigenvalue weighted by atomic mass is 10.1. The molecule has 1 aromatic carbocycles. The normalized spacial score (nSPS) is 12.7. The van der Waals surface area contributed by atoms with E-state index in [2.05, 4.69) is 9.97 Å². The highest BCUT2D eigenvalue weighted by molar-refractivity contribution is 5.58. The summed E-state index contributed by atoms with van der Waals surface area (Å²) in [7, 11) is 0. The zero-order chi connectivity index (χ0) is 11.5. The Morgan fingerprint density at radius 3 is 2.69 bits per heavy atom. The maximum absolute atomic E-state index is 12.7. The fourth-order valence-electron chi connectivity index (χ4n) is 1.47. The summed E-state index contributed by atoms with van der Waals surface area (Å²) < 4.78 is 12.7. The maximum atomic E-state index is 12.7. The Morgan fingerprint density at radius 2 is 2.06 bits per heavy atom. The minimum absolute atomic E-state index is 0.203. The third-order valence-electron chi connectivity index (χ3n) is 2.57. The van der Waals surface area contributed by atoms with Crippen LogP contribution in [0.15, 0.2) is 30.5 Å². The van der Waals surface area contributed by atoms with E-state index in [1.807, 2.05) is 6.92 Å². The molecule has 0 saturated heterocycles. The SMILES string of the molecule is CC(CN)c1ncc(-c2ccc(F)cc2)[nH]1. The Labute approximate surface area is 93.5 Å². The predicted molar refractivity (Wildman–Crippen MR) is 61.5 cm³/mol. The van der Waals surface area contributed by atoms with E-state index in [-0.39, 0.29) is 11.7 Å². The number of aromatic amines is 1. The molecule has 1 heterocycles. The Bertz CT molecular complexity index is 461. The number of H-pyrrole nitrogens is 1. The van der Waals surface area contributed by atoms with Crippen molar-refractivity contribution in [2.75, 3.05) is 6.54 Å². The van der Waals surface area contributed by atoms with Crippen molar-refractivity contribution in [2.24, 2.45) is 5.73 Å². The summed E-state index contributed by atoms with van der Waals surface area (Å²) in [6.07, 6.45) is 1.74. The van der Waals surface area contributed by atoms with E-state index in [0.717, 1.165) is 17.1 Å². The second kappa shape index (κ2) is 4.45. The van der Waals surface area contributed by atoms with Crippen LogP contribution in [-0.2, 0) is 0 Å². The van der Waals surface area contributed by atoms with E-state index in [9.17, 15) is 4.39 Å². The van der Waals surface area contributed by atoms with Crippen molar-refractivity contribution in [1.82, 2.24) is 9.97 Å². The minimum atomic E-state index is -0.237. The van der Waals surface area contributed by atoms with Crippen LogP contribution >= 0.6 is 0 Å². The van der Waals surface area contributed by atoms with Gasteiger partial charge in [-0.3, -0.25) is 0 Å². The highest BCUT2D eigenvalue weighted by atomic mass is 19.1. The first-order valence-corrected chi connectivity index (χ1v) is 5.21. The molecule has 1 aromatic heterocycles. The fourth-order valence-corrected chi connectivity index (χ4v) is 1.47. The van der Waals surface area contributed by atoms with E-state index in [4.69, 9.17) is 5.73 Å². The molecule has 4 heteroatoms. The molecule has 0 fully saturated rings. The standard InChI is InChI=1S/C12H14FN3/c1-8(6-14)12-15-7-11(16-12)9-2-4-10(13)5-3-9/h2-5,7-8H,6,14H2,1H3,(H,15,16). The topological polar surface area (TPSA) is 54.7 Å². The van der Waals surface area contributed by atoms with Gasteiger partial charge >= 0.3 is 0 Å². The largest absolute Gasteiger partial charge is 0.342 e. The van der Waals surface area contributed by atoms with Crippen molar-refractivity contribution in [2.45, 2.75) is 12.8 Å². The monoisotopic (exact) mass is 219 g/mol. The molecule has 0 aliphatic rings. The van der Waals surface area contributed by atoms with Crippen LogP contribution in [-0.4, -0.2) is 16.5 Å². The number of benzene rings is 1. The number of halogens is 1. The molecule has 1 unspecified atom stereocenters. The highest BCUT2D eigenvalue weighted by Crippen LogP contribution is 2.19. The number of rotatable bonds is 3. The van der Waals surface area contributed by atoms with Crippen LogP contribution in [0.4, 0.5) is 4.39 Å². The second-order valence-corrected chi connectivity index (χ2v) is 3.83. The highest BCUT2D eigenvalue weighted by Gasteiger charge is 2.08. The molecule has 1 atom stereocenters. The average molecular weight is 219 g/mol. The molecule has 3 nitrogen and oxygen atoms in total. The van der Waals surface area contributed by atoms with Crippen LogP contribution in [0.3, 0.4) is 0 Å². The van der Waals surface area contributed by atoms with Gasteiger partial charge in [0.1, 0.15) is 11.6 Å². The summed E-state index contributed by atoms with van der Waals surface area (Å²) in [6, 6.07) is 6.31. The van der Waals surface area contributed by atoms with Crippen LogP contribution < -0.4 is 5.73 Å². The van der Waals surface area contributed by atoms with Gasteiger partial charge in [0.25, 0.3) is 0 Å².